The smallest absolute Gasteiger partial charge is 0.235 e. The number of para-hydroxylation sites is 4. The molecule has 0 saturated carbocycles. The Bertz CT molecular complexity index is 3640. The van der Waals surface area contributed by atoms with Crippen LogP contribution in [0, 0.1) is 0 Å². The number of nitrogens with zero attached hydrogens (tertiary/aromatic N) is 5. The minimum absolute atomic E-state index is 0.642. The molecule has 0 atom stereocenters. The first-order chi connectivity index (χ1) is 27.3. The molecule has 0 bridgehead atoms. The zero-order valence-corrected chi connectivity index (χ0v) is 29.5. The van der Waals surface area contributed by atoms with E-state index in [0.717, 1.165) is 50.1 Å². The molecule has 0 unspecified atom stereocenters. The van der Waals surface area contributed by atoms with Gasteiger partial charge in [0.15, 0.2) is 0 Å². The van der Waals surface area contributed by atoms with E-state index < -0.39 is 0 Å². The van der Waals surface area contributed by atoms with Gasteiger partial charge in [0.05, 0.1) is 55.5 Å². The number of hydrogen-bond donors (Lipinski definition) is 0. The van der Waals surface area contributed by atoms with Gasteiger partial charge in [-0.3, -0.25) is 4.57 Å². The monoisotopic (exact) mass is 699 g/mol. The molecule has 0 aliphatic carbocycles. The Hall–Kier alpha value is -7.50. The van der Waals surface area contributed by atoms with E-state index in [1.54, 1.807) is 0 Å². The zero-order valence-electron chi connectivity index (χ0n) is 29.5. The minimum atomic E-state index is 0.642. The quantitative estimate of drug-likeness (QED) is 0.184. The van der Waals surface area contributed by atoms with Gasteiger partial charge in [-0.15, -0.1) is 0 Å². The van der Waals surface area contributed by atoms with E-state index in [4.69, 9.17) is 9.97 Å². The highest BCUT2D eigenvalue weighted by Crippen LogP contribution is 2.46. The van der Waals surface area contributed by atoms with Crippen LogP contribution in [-0.2, 0) is 0 Å². The normalized spacial score (nSPS) is 12.4. The molecule has 254 valence electrons. The van der Waals surface area contributed by atoms with E-state index in [0.29, 0.717) is 5.95 Å². The fourth-order valence-electron chi connectivity index (χ4n) is 9.48. The highest BCUT2D eigenvalue weighted by atomic mass is 15.2. The molecule has 5 aromatic heterocycles. The molecule has 5 heteroatoms. The number of aromatic nitrogens is 5. The van der Waals surface area contributed by atoms with Crippen molar-refractivity contribution in [2.24, 2.45) is 0 Å². The average molecular weight is 700 g/mol. The Balaban J connectivity index is 1.29. The van der Waals surface area contributed by atoms with Crippen molar-refractivity contribution in [1.82, 2.24) is 23.3 Å². The number of rotatable bonds is 3. The maximum Gasteiger partial charge on any atom is 0.235 e. The lowest BCUT2D eigenvalue weighted by atomic mass is 10.0. The largest absolute Gasteiger partial charge is 0.306 e. The second-order valence-corrected chi connectivity index (χ2v) is 14.6. The lowest BCUT2D eigenvalue weighted by Crippen LogP contribution is -2.04. The van der Waals surface area contributed by atoms with Gasteiger partial charge in [0, 0.05) is 48.8 Å². The van der Waals surface area contributed by atoms with Crippen molar-refractivity contribution in [1.29, 1.82) is 0 Å². The Morgan fingerprint density at radius 2 is 0.782 bits per heavy atom. The lowest BCUT2D eigenvalue weighted by Gasteiger charge is -2.12. The molecule has 0 spiro atoms. The highest BCUT2D eigenvalue weighted by Gasteiger charge is 2.25. The van der Waals surface area contributed by atoms with Gasteiger partial charge in [0.1, 0.15) is 0 Å². The summed E-state index contributed by atoms with van der Waals surface area (Å²) in [6.45, 7) is 0. The first-order valence-electron chi connectivity index (χ1n) is 18.8. The Morgan fingerprint density at radius 3 is 1.44 bits per heavy atom. The topological polar surface area (TPSA) is 39.5 Å². The van der Waals surface area contributed by atoms with Crippen molar-refractivity contribution >= 4 is 87.2 Å². The fraction of sp³-hybridized carbons (Fsp3) is 0. The second-order valence-electron chi connectivity index (χ2n) is 14.6. The highest BCUT2D eigenvalue weighted by molar-refractivity contribution is 6.32. The van der Waals surface area contributed by atoms with Crippen molar-refractivity contribution in [3.05, 3.63) is 176 Å². The molecule has 0 aliphatic heterocycles. The van der Waals surface area contributed by atoms with E-state index in [-0.39, 0.29) is 0 Å². The predicted octanol–water partition coefficient (Wildman–Crippen LogP) is 12.6. The second kappa shape index (κ2) is 10.6. The Morgan fingerprint density at radius 1 is 0.327 bits per heavy atom. The van der Waals surface area contributed by atoms with E-state index in [2.05, 4.69) is 177 Å². The third-order valence-corrected chi connectivity index (χ3v) is 11.8. The molecular weight excluding hydrogens is 671 g/mol. The summed E-state index contributed by atoms with van der Waals surface area (Å²) in [6, 6.07) is 63.3. The van der Waals surface area contributed by atoms with Gasteiger partial charge in [-0.2, -0.15) is 0 Å². The van der Waals surface area contributed by atoms with Gasteiger partial charge in [-0.25, -0.2) is 9.97 Å². The summed E-state index contributed by atoms with van der Waals surface area (Å²) in [5.41, 5.74) is 13.1. The van der Waals surface area contributed by atoms with Crippen LogP contribution in [0.15, 0.2) is 176 Å². The van der Waals surface area contributed by atoms with E-state index in [9.17, 15) is 0 Å². The van der Waals surface area contributed by atoms with Crippen molar-refractivity contribution in [3.63, 3.8) is 0 Å². The van der Waals surface area contributed by atoms with Gasteiger partial charge in [0.25, 0.3) is 0 Å². The summed E-state index contributed by atoms with van der Waals surface area (Å²) in [7, 11) is 0. The summed E-state index contributed by atoms with van der Waals surface area (Å²) in [5, 5.41) is 9.79. The maximum absolute atomic E-state index is 5.40. The molecule has 13 rings (SSSR count). The first-order valence-corrected chi connectivity index (χ1v) is 18.8. The van der Waals surface area contributed by atoms with Crippen LogP contribution in [0.1, 0.15) is 0 Å². The summed E-state index contributed by atoms with van der Waals surface area (Å²) in [5.74, 6) is 0.642. The van der Waals surface area contributed by atoms with Crippen LogP contribution in [0.3, 0.4) is 0 Å². The molecule has 5 heterocycles. The van der Waals surface area contributed by atoms with Gasteiger partial charge >= 0.3 is 0 Å². The third kappa shape index (κ3) is 3.76. The molecule has 5 nitrogen and oxygen atoms in total. The lowest BCUT2D eigenvalue weighted by molar-refractivity contribution is 0.996. The Kier molecular flexibility index (Phi) is 5.57. The molecule has 0 fully saturated rings. The maximum atomic E-state index is 5.40. The molecule has 0 radical (unpaired) electrons. The number of hydrogen-bond acceptors (Lipinski definition) is 2. The third-order valence-electron chi connectivity index (χ3n) is 11.8. The van der Waals surface area contributed by atoms with E-state index in [1.807, 2.05) is 12.1 Å². The molecule has 0 saturated heterocycles. The number of fused-ring (bicyclic) bond motifs is 13. The molecule has 13 aromatic rings. The van der Waals surface area contributed by atoms with Gasteiger partial charge in [-0.1, -0.05) is 146 Å². The zero-order chi connectivity index (χ0) is 35.8. The van der Waals surface area contributed by atoms with E-state index >= 15 is 0 Å². The van der Waals surface area contributed by atoms with Crippen LogP contribution < -0.4 is 0 Å². The van der Waals surface area contributed by atoms with Gasteiger partial charge in [-0.05, 0) is 35.7 Å². The summed E-state index contributed by atoms with van der Waals surface area (Å²) in [4.78, 5) is 10.8. The minimum Gasteiger partial charge on any atom is -0.306 e. The molecule has 8 aromatic carbocycles. The van der Waals surface area contributed by atoms with Crippen molar-refractivity contribution in [2.75, 3.05) is 0 Å². The van der Waals surface area contributed by atoms with Crippen LogP contribution in [0.4, 0.5) is 0 Å². The Labute approximate surface area is 313 Å². The molecule has 55 heavy (non-hydrogen) atoms. The van der Waals surface area contributed by atoms with Crippen molar-refractivity contribution in [3.8, 4) is 28.5 Å². The summed E-state index contributed by atoms with van der Waals surface area (Å²) < 4.78 is 7.35. The van der Waals surface area contributed by atoms with Crippen molar-refractivity contribution in [2.45, 2.75) is 0 Å². The van der Waals surface area contributed by atoms with E-state index in [1.165, 1.54) is 59.6 Å². The average Bonchev–Trinajstić information content (AvgIpc) is 3.87. The first kappa shape index (κ1) is 29.0. The summed E-state index contributed by atoms with van der Waals surface area (Å²) >= 11 is 0. The van der Waals surface area contributed by atoms with Crippen LogP contribution in [0.2, 0.25) is 0 Å². The van der Waals surface area contributed by atoms with Crippen LogP contribution in [0.25, 0.3) is 116 Å². The SMILES string of the molecule is c1ccc(-c2cc(-c3ccccc3)nc(-n3c4ccccc4c4ccc5c6ccc7ccc8c9ccccc9n9c%10ccccc%10n(c6c7c89)c5c43)n2)cc1. The predicted molar refractivity (Wildman–Crippen MR) is 228 cm³/mol. The summed E-state index contributed by atoms with van der Waals surface area (Å²) in [6.07, 6.45) is 0. The molecule has 0 amide bonds. The van der Waals surface area contributed by atoms with Crippen LogP contribution in [-0.4, -0.2) is 23.3 Å². The van der Waals surface area contributed by atoms with Gasteiger partial charge < -0.3 is 8.80 Å². The van der Waals surface area contributed by atoms with Gasteiger partial charge in [0.2, 0.25) is 5.95 Å². The van der Waals surface area contributed by atoms with Crippen LogP contribution in [0.5, 0.6) is 0 Å². The molecular formula is C50H29N5. The molecule has 0 aliphatic rings. The molecule has 0 N–H and O–H groups in total. The van der Waals surface area contributed by atoms with Crippen LogP contribution >= 0.6 is 0 Å². The fourth-order valence-corrected chi connectivity index (χ4v) is 9.48. The number of benzene rings is 8. The van der Waals surface area contributed by atoms with Crippen molar-refractivity contribution < 1.29 is 0 Å². The standard InChI is InChI=1S/C50H29N5/c1-3-13-30(14-4-1)39-29-40(31-15-5-2-6-16-31)52-50(51-39)55-42-20-10-8-18-34(42)36-27-28-38-37-26-24-32-23-25-35-33-17-7-9-19-41(33)53-43-21-11-12-22-44(43)54(48(38)49(36)55)47(37)45(32)46(35)53/h1-29H.